The van der Waals surface area contributed by atoms with E-state index in [1.54, 1.807) is 6.07 Å². The van der Waals surface area contributed by atoms with E-state index in [0.717, 1.165) is 12.5 Å². The lowest BCUT2D eigenvalue weighted by atomic mass is 10.1. The van der Waals surface area contributed by atoms with Gasteiger partial charge in [0.1, 0.15) is 0 Å². The molecule has 0 aliphatic rings. The Morgan fingerprint density at radius 3 is 2.41 bits per heavy atom. The van der Waals surface area contributed by atoms with Gasteiger partial charge in [0.15, 0.2) is 0 Å². The van der Waals surface area contributed by atoms with Crippen molar-refractivity contribution in [2.24, 2.45) is 5.73 Å². The van der Waals surface area contributed by atoms with Gasteiger partial charge in [-0.2, -0.15) is 13.2 Å². The number of hydrogen-bond acceptors (Lipinski definition) is 2. The zero-order valence-corrected chi connectivity index (χ0v) is 10.7. The Bertz CT molecular complexity index is 374. The SMILES string of the molecule is CC(C)(CCN)Sc1cccc(C(F)(F)F)c1. The third-order valence-electron chi connectivity index (χ3n) is 2.30. The second-order valence-electron chi connectivity index (χ2n) is 4.43. The maximum Gasteiger partial charge on any atom is 0.416 e. The van der Waals surface area contributed by atoms with E-state index in [-0.39, 0.29) is 4.75 Å². The van der Waals surface area contributed by atoms with Crippen molar-refractivity contribution in [3.8, 4) is 0 Å². The molecule has 0 fully saturated rings. The third kappa shape index (κ3) is 4.60. The minimum absolute atomic E-state index is 0.154. The van der Waals surface area contributed by atoms with Crippen LogP contribution in [0.15, 0.2) is 29.2 Å². The first-order valence-electron chi connectivity index (χ1n) is 5.31. The number of benzene rings is 1. The highest BCUT2D eigenvalue weighted by Gasteiger charge is 2.31. The quantitative estimate of drug-likeness (QED) is 0.833. The maximum absolute atomic E-state index is 12.5. The number of halogens is 3. The fraction of sp³-hybridized carbons (Fsp3) is 0.500. The molecular formula is C12H16F3NS. The number of hydrogen-bond donors (Lipinski definition) is 1. The molecule has 0 heterocycles. The summed E-state index contributed by atoms with van der Waals surface area (Å²) in [6.45, 7) is 4.48. The van der Waals surface area contributed by atoms with E-state index in [4.69, 9.17) is 5.73 Å². The van der Waals surface area contributed by atoms with E-state index in [0.29, 0.717) is 11.4 Å². The van der Waals surface area contributed by atoms with E-state index < -0.39 is 11.7 Å². The maximum atomic E-state index is 12.5. The molecule has 0 aliphatic heterocycles. The average molecular weight is 263 g/mol. The molecule has 96 valence electrons. The van der Waals surface area contributed by atoms with E-state index in [2.05, 4.69) is 0 Å². The molecule has 1 rings (SSSR count). The van der Waals surface area contributed by atoms with E-state index >= 15 is 0 Å². The van der Waals surface area contributed by atoms with Crippen molar-refractivity contribution < 1.29 is 13.2 Å². The Hall–Kier alpha value is -0.680. The first-order chi connectivity index (χ1) is 7.74. The van der Waals surface area contributed by atoms with Crippen molar-refractivity contribution in [2.75, 3.05) is 6.54 Å². The van der Waals surface area contributed by atoms with Gasteiger partial charge in [-0.3, -0.25) is 0 Å². The standard InChI is InChI=1S/C12H16F3NS/c1-11(2,6-7-16)17-10-5-3-4-9(8-10)12(13,14)15/h3-5,8H,6-7,16H2,1-2H3. The van der Waals surface area contributed by atoms with E-state index in [9.17, 15) is 13.2 Å². The van der Waals surface area contributed by atoms with Crippen LogP contribution in [0.1, 0.15) is 25.8 Å². The molecule has 0 spiro atoms. The molecule has 0 amide bonds. The second kappa shape index (κ2) is 5.31. The third-order valence-corrected chi connectivity index (χ3v) is 3.55. The predicted molar refractivity (Wildman–Crippen MR) is 65.1 cm³/mol. The Labute approximate surface area is 104 Å². The second-order valence-corrected chi connectivity index (χ2v) is 6.21. The molecule has 0 unspecified atom stereocenters. The molecule has 17 heavy (non-hydrogen) atoms. The Kier molecular flexibility index (Phi) is 4.49. The Morgan fingerprint density at radius 1 is 1.24 bits per heavy atom. The lowest BCUT2D eigenvalue weighted by Crippen LogP contribution is -2.19. The molecule has 1 nitrogen and oxygen atoms in total. The van der Waals surface area contributed by atoms with Crippen molar-refractivity contribution in [1.82, 2.24) is 0 Å². The summed E-state index contributed by atoms with van der Waals surface area (Å²) in [6.07, 6.45) is -3.53. The summed E-state index contributed by atoms with van der Waals surface area (Å²) >= 11 is 1.42. The van der Waals surface area contributed by atoms with E-state index in [1.165, 1.54) is 23.9 Å². The van der Waals surface area contributed by atoms with Crippen molar-refractivity contribution in [3.63, 3.8) is 0 Å². The van der Waals surface area contributed by atoms with Crippen molar-refractivity contribution >= 4 is 11.8 Å². The van der Waals surface area contributed by atoms with Gasteiger partial charge < -0.3 is 5.73 Å². The predicted octanol–water partition coefficient (Wildman–Crippen LogP) is 3.92. The zero-order chi connectivity index (χ0) is 13.1. The normalized spacial score (nSPS) is 12.8. The van der Waals surface area contributed by atoms with Crippen LogP contribution < -0.4 is 5.73 Å². The minimum Gasteiger partial charge on any atom is -0.330 e. The summed E-state index contributed by atoms with van der Waals surface area (Å²) in [7, 11) is 0. The van der Waals surface area contributed by atoms with Gasteiger partial charge in [-0.25, -0.2) is 0 Å². The average Bonchev–Trinajstić information content (AvgIpc) is 2.15. The van der Waals surface area contributed by atoms with Crippen molar-refractivity contribution in [3.05, 3.63) is 29.8 Å². The molecule has 0 aromatic heterocycles. The Balaban J connectivity index is 2.86. The molecule has 1 aromatic rings. The smallest absolute Gasteiger partial charge is 0.330 e. The molecule has 0 bridgehead atoms. The highest BCUT2D eigenvalue weighted by atomic mass is 32.2. The van der Waals surface area contributed by atoms with Crippen LogP contribution in [0.4, 0.5) is 13.2 Å². The van der Waals surface area contributed by atoms with Crippen LogP contribution in [0.25, 0.3) is 0 Å². The molecule has 0 radical (unpaired) electrons. The fourth-order valence-corrected chi connectivity index (χ4v) is 2.64. The van der Waals surface area contributed by atoms with Gasteiger partial charge in [0.05, 0.1) is 5.56 Å². The van der Waals surface area contributed by atoms with Crippen LogP contribution >= 0.6 is 11.8 Å². The lowest BCUT2D eigenvalue weighted by Gasteiger charge is -2.23. The topological polar surface area (TPSA) is 26.0 Å². The molecule has 1 aromatic carbocycles. The number of alkyl halides is 3. The summed E-state index contributed by atoms with van der Waals surface area (Å²) in [5.41, 5.74) is 4.87. The van der Waals surface area contributed by atoms with Crippen LogP contribution in [-0.2, 0) is 6.18 Å². The van der Waals surface area contributed by atoms with Gasteiger partial charge in [0.25, 0.3) is 0 Å². The van der Waals surface area contributed by atoms with Crippen LogP contribution in [0.5, 0.6) is 0 Å². The van der Waals surface area contributed by atoms with Crippen LogP contribution in [-0.4, -0.2) is 11.3 Å². The van der Waals surface area contributed by atoms with Gasteiger partial charge in [-0.1, -0.05) is 19.9 Å². The van der Waals surface area contributed by atoms with Gasteiger partial charge in [-0.15, -0.1) is 11.8 Å². The van der Waals surface area contributed by atoms with Gasteiger partial charge in [0, 0.05) is 9.64 Å². The first-order valence-corrected chi connectivity index (χ1v) is 6.12. The summed E-state index contributed by atoms with van der Waals surface area (Å²) in [5, 5.41) is 0. The van der Waals surface area contributed by atoms with Gasteiger partial charge in [-0.05, 0) is 31.2 Å². The van der Waals surface area contributed by atoms with Crippen LogP contribution in [0.3, 0.4) is 0 Å². The molecule has 0 saturated heterocycles. The van der Waals surface area contributed by atoms with E-state index in [1.807, 2.05) is 13.8 Å². The van der Waals surface area contributed by atoms with Crippen LogP contribution in [0, 0.1) is 0 Å². The monoisotopic (exact) mass is 263 g/mol. The van der Waals surface area contributed by atoms with Crippen molar-refractivity contribution in [1.29, 1.82) is 0 Å². The Morgan fingerprint density at radius 2 is 1.88 bits per heavy atom. The molecule has 0 atom stereocenters. The number of nitrogens with two attached hydrogens (primary N) is 1. The van der Waals surface area contributed by atoms with Crippen LogP contribution in [0.2, 0.25) is 0 Å². The lowest BCUT2D eigenvalue weighted by molar-refractivity contribution is -0.137. The van der Waals surface area contributed by atoms with Gasteiger partial charge in [0.2, 0.25) is 0 Å². The fourth-order valence-electron chi connectivity index (χ4n) is 1.45. The summed E-state index contributed by atoms with van der Waals surface area (Å²) in [5.74, 6) is 0. The number of thioether (sulfide) groups is 1. The summed E-state index contributed by atoms with van der Waals surface area (Å²) in [4.78, 5) is 0.623. The molecule has 2 N–H and O–H groups in total. The summed E-state index contributed by atoms with van der Waals surface area (Å²) < 4.78 is 37.4. The molecule has 0 aliphatic carbocycles. The zero-order valence-electron chi connectivity index (χ0n) is 9.84. The molecule has 5 heteroatoms. The number of rotatable bonds is 4. The largest absolute Gasteiger partial charge is 0.416 e. The minimum atomic E-state index is -4.28. The molecular weight excluding hydrogens is 247 g/mol. The van der Waals surface area contributed by atoms with Crippen molar-refractivity contribution in [2.45, 2.75) is 36.1 Å². The summed E-state index contributed by atoms with van der Waals surface area (Å²) in [6, 6.07) is 5.39. The highest BCUT2D eigenvalue weighted by Crippen LogP contribution is 2.37. The first kappa shape index (κ1) is 14.4. The molecule has 0 saturated carbocycles. The van der Waals surface area contributed by atoms with Gasteiger partial charge >= 0.3 is 6.18 Å². The highest BCUT2D eigenvalue weighted by molar-refractivity contribution is 8.00.